The van der Waals surface area contributed by atoms with Crippen molar-refractivity contribution in [1.29, 1.82) is 0 Å². The van der Waals surface area contributed by atoms with E-state index in [2.05, 4.69) is 0 Å². The molecule has 5 heteroatoms. The van der Waals surface area contributed by atoms with Gasteiger partial charge in [0.05, 0.1) is 0 Å². The monoisotopic (exact) mass is 238 g/mol. The first-order valence-corrected chi connectivity index (χ1v) is 5.51. The molecular formula is C12H15FN2O2. The van der Waals surface area contributed by atoms with Gasteiger partial charge in [0.1, 0.15) is 11.9 Å². The van der Waals surface area contributed by atoms with Gasteiger partial charge < -0.3 is 10.0 Å². The lowest BCUT2D eigenvalue weighted by Crippen LogP contribution is -2.54. The number of carboxylic acids is 1. The summed E-state index contributed by atoms with van der Waals surface area (Å²) in [5, 5.41) is 9.09. The normalized spacial score (nSPS) is 21.5. The SMILES string of the molecule is CN1CCN(c2ccc(F)cc2)CC1C(=O)O. The maximum absolute atomic E-state index is 12.8. The van der Waals surface area contributed by atoms with Crippen LogP contribution >= 0.6 is 0 Å². The van der Waals surface area contributed by atoms with Gasteiger partial charge in [0.15, 0.2) is 0 Å². The predicted molar refractivity (Wildman–Crippen MR) is 62.7 cm³/mol. The Morgan fingerprint density at radius 1 is 1.35 bits per heavy atom. The number of carboxylic acid groups (broad SMARTS) is 1. The third kappa shape index (κ3) is 2.55. The van der Waals surface area contributed by atoms with Crippen molar-refractivity contribution in [2.45, 2.75) is 6.04 Å². The molecule has 1 aromatic carbocycles. The van der Waals surface area contributed by atoms with Gasteiger partial charge in [-0.25, -0.2) is 4.39 Å². The molecule has 0 aliphatic carbocycles. The zero-order valence-corrected chi connectivity index (χ0v) is 9.64. The first-order chi connectivity index (χ1) is 8.08. The van der Waals surface area contributed by atoms with Gasteiger partial charge >= 0.3 is 5.97 Å². The van der Waals surface area contributed by atoms with Crippen molar-refractivity contribution < 1.29 is 14.3 Å². The number of likely N-dealkylation sites (N-methyl/N-ethyl adjacent to an activating group) is 1. The van der Waals surface area contributed by atoms with Crippen LogP contribution in [0.5, 0.6) is 0 Å². The minimum atomic E-state index is -0.820. The van der Waals surface area contributed by atoms with Crippen LogP contribution in [-0.4, -0.2) is 48.7 Å². The molecule has 4 nitrogen and oxygen atoms in total. The fourth-order valence-electron chi connectivity index (χ4n) is 2.03. The highest BCUT2D eigenvalue weighted by molar-refractivity contribution is 5.75. The van der Waals surface area contributed by atoms with Gasteiger partial charge in [0.2, 0.25) is 0 Å². The van der Waals surface area contributed by atoms with Crippen LogP contribution in [0.4, 0.5) is 10.1 Å². The molecule has 0 saturated carbocycles. The highest BCUT2D eigenvalue weighted by atomic mass is 19.1. The quantitative estimate of drug-likeness (QED) is 0.835. The molecule has 92 valence electrons. The minimum Gasteiger partial charge on any atom is -0.480 e. The van der Waals surface area contributed by atoms with Gasteiger partial charge in [-0.1, -0.05) is 0 Å². The van der Waals surface area contributed by atoms with Crippen LogP contribution in [0.2, 0.25) is 0 Å². The van der Waals surface area contributed by atoms with Crippen LogP contribution in [0.15, 0.2) is 24.3 Å². The summed E-state index contributed by atoms with van der Waals surface area (Å²) in [4.78, 5) is 14.9. The summed E-state index contributed by atoms with van der Waals surface area (Å²) in [6.07, 6.45) is 0. The predicted octanol–water partition coefficient (Wildman–Crippen LogP) is 1.03. The molecule has 1 unspecified atom stereocenters. The number of nitrogens with zero attached hydrogens (tertiary/aromatic N) is 2. The number of anilines is 1. The summed E-state index contributed by atoms with van der Waals surface area (Å²) in [7, 11) is 1.81. The first kappa shape index (κ1) is 11.9. The Bertz CT molecular complexity index is 407. The van der Waals surface area contributed by atoms with Crippen LogP contribution in [0, 0.1) is 5.82 Å². The molecule has 1 fully saturated rings. The van der Waals surface area contributed by atoms with E-state index in [9.17, 15) is 9.18 Å². The second-order valence-corrected chi connectivity index (χ2v) is 4.26. The Morgan fingerprint density at radius 2 is 2.00 bits per heavy atom. The molecular weight excluding hydrogens is 223 g/mol. The van der Waals surface area contributed by atoms with E-state index in [4.69, 9.17) is 5.11 Å². The topological polar surface area (TPSA) is 43.8 Å². The van der Waals surface area contributed by atoms with E-state index in [0.29, 0.717) is 13.1 Å². The fraction of sp³-hybridized carbons (Fsp3) is 0.417. The van der Waals surface area contributed by atoms with Gasteiger partial charge in [-0.05, 0) is 31.3 Å². The number of piperazine rings is 1. The molecule has 2 rings (SSSR count). The minimum absolute atomic E-state index is 0.280. The van der Waals surface area contributed by atoms with Gasteiger partial charge in [-0.3, -0.25) is 9.69 Å². The van der Waals surface area contributed by atoms with Crippen LogP contribution in [0.25, 0.3) is 0 Å². The number of carbonyl (C=O) groups is 1. The number of hydrogen-bond acceptors (Lipinski definition) is 3. The van der Waals surface area contributed by atoms with E-state index >= 15 is 0 Å². The molecule has 1 heterocycles. The van der Waals surface area contributed by atoms with Gasteiger partial charge in [0, 0.05) is 25.3 Å². The number of rotatable bonds is 2. The van der Waals surface area contributed by atoms with Crippen molar-refractivity contribution >= 4 is 11.7 Å². The summed E-state index contributed by atoms with van der Waals surface area (Å²) in [6.45, 7) is 1.87. The number of hydrogen-bond donors (Lipinski definition) is 1. The summed E-state index contributed by atoms with van der Waals surface area (Å²) >= 11 is 0. The molecule has 0 aromatic heterocycles. The van der Waals surface area contributed by atoms with Crippen LogP contribution in [-0.2, 0) is 4.79 Å². The van der Waals surface area contributed by atoms with Crippen molar-refractivity contribution in [3.05, 3.63) is 30.1 Å². The largest absolute Gasteiger partial charge is 0.480 e. The average Bonchev–Trinajstić information content (AvgIpc) is 2.30. The lowest BCUT2D eigenvalue weighted by atomic mass is 10.1. The molecule has 0 amide bonds. The van der Waals surface area contributed by atoms with Crippen molar-refractivity contribution in [3.63, 3.8) is 0 Å². The lowest BCUT2D eigenvalue weighted by molar-refractivity contribution is -0.142. The van der Waals surface area contributed by atoms with E-state index in [-0.39, 0.29) is 5.82 Å². The third-order valence-electron chi connectivity index (χ3n) is 3.12. The third-order valence-corrected chi connectivity index (χ3v) is 3.12. The second-order valence-electron chi connectivity index (χ2n) is 4.26. The van der Waals surface area contributed by atoms with Crippen LogP contribution < -0.4 is 4.90 Å². The highest BCUT2D eigenvalue weighted by Gasteiger charge is 2.29. The summed E-state index contributed by atoms with van der Waals surface area (Å²) in [6, 6.07) is 5.64. The molecule has 0 spiro atoms. The van der Waals surface area contributed by atoms with Crippen LogP contribution in [0.1, 0.15) is 0 Å². The summed E-state index contributed by atoms with van der Waals surface area (Å²) in [5.41, 5.74) is 0.866. The zero-order valence-electron chi connectivity index (χ0n) is 9.64. The molecule has 1 N–H and O–H groups in total. The van der Waals surface area contributed by atoms with Gasteiger partial charge in [0.25, 0.3) is 0 Å². The Labute approximate surface area is 99.3 Å². The Hall–Kier alpha value is -1.62. The molecule has 1 saturated heterocycles. The Kier molecular flexibility index (Phi) is 3.28. The Morgan fingerprint density at radius 3 is 2.59 bits per heavy atom. The molecule has 0 radical (unpaired) electrons. The number of benzene rings is 1. The van der Waals surface area contributed by atoms with E-state index in [1.165, 1.54) is 12.1 Å². The van der Waals surface area contributed by atoms with Crippen molar-refractivity contribution in [3.8, 4) is 0 Å². The molecule has 1 aliphatic heterocycles. The number of halogens is 1. The first-order valence-electron chi connectivity index (χ1n) is 5.51. The summed E-state index contributed by atoms with van der Waals surface area (Å²) in [5.74, 6) is -1.10. The Balaban J connectivity index is 2.13. The van der Waals surface area contributed by atoms with Gasteiger partial charge in [-0.15, -0.1) is 0 Å². The van der Waals surface area contributed by atoms with E-state index in [0.717, 1.165) is 12.2 Å². The standard InChI is InChI=1S/C12H15FN2O2/c1-14-6-7-15(8-11(14)12(16)17)10-4-2-9(13)3-5-10/h2-5,11H,6-8H2,1H3,(H,16,17). The highest BCUT2D eigenvalue weighted by Crippen LogP contribution is 2.18. The zero-order chi connectivity index (χ0) is 12.4. The van der Waals surface area contributed by atoms with Crippen molar-refractivity contribution in [2.75, 3.05) is 31.6 Å². The maximum atomic E-state index is 12.8. The maximum Gasteiger partial charge on any atom is 0.322 e. The van der Waals surface area contributed by atoms with Gasteiger partial charge in [-0.2, -0.15) is 0 Å². The van der Waals surface area contributed by atoms with Crippen molar-refractivity contribution in [1.82, 2.24) is 4.90 Å². The molecule has 1 atom stereocenters. The lowest BCUT2D eigenvalue weighted by Gasteiger charge is -2.38. The molecule has 1 aliphatic rings. The number of aliphatic carboxylic acids is 1. The van der Waals surface area contributed by atoms with Crippen LogP contribution in [0.3, 0.4) is 0 Å². The molecule has 0 bridgehead atoms. The fourth-order valence-corrected chi connectivity index (χ4v) is 2.03. The van der Waals surface area contributed by atoms with E-state index < -0.39 is 12.0 Å². The molecule has 17 heavy (non-hydrogen) atoms. The van der Waals surface area contributed by atoms with E-state index in [1.54, 1.807) is 19.2 Å². The smallest absolute Gasteiger partial charge is 0.322 e. The molecule has 1 aromatic rings. The van der Waals surface area contributed by atoms with Crippen molar-refractivity contribution in [2.24, 2.45) is 0 Å². The van der Waals surface area contributed by atoms with E-state index in [1.807, 2.05) is 9.80 Å². The second kappa shape index (κ2) is 4.71. The summed E-state index contributed by atoms with van der Waals surface area (Å²) < 4.78 is 12.8. The average molecular weight is 238 g/mol.